The minimum absolute atomic E-state index is 0. The number of imidazole rings is 1. The van der Waals surface area contributed by atoms with Gasteiger partial charge in [0.1, 0.15) is 5.75 Å². The topological polar surface area (TPSA) is 63.5 Å². The van der Waals surface area contributed by atoms with Crippen molar-refractivity contribution in [3.8, 4) is 5.75 Å². The monoisotopic (exact) mass is 545 g/mol. The van der Waals surface area contributed by atoms with Crippen LogP contribution in [0.2, 0.25) is 0 Å². The molecular weight excluding hydrogens is 522 g/mol. The van der Waals surface area contributed by atoms with Gasteiger partial charge in [0.15, 0.2) is 5.96 Å². The predicted octanol–water partition coefficient (Wildman–Crippen LogP) is 4.31. The second-order valence-corrected chi connectivity index (χ2v) is 6.49. The molecule has 3 aromatic rings. The number of aliphatic imine (C=N–C) groups is 1. The molecule has 0 unspecified atom stereocenters. The number of benzene rings is 2. The molecule has 0 spiro atoms. The highest BCUT2D eigenvalue weighted by Crippen LogP contribution is 2.26. The highest BCUT2D eigenvalue weighted by molar-refractivity contribution is 14.0. The Labute approximate surface area is 195 Å². The van der Waals surface area contributed by atoms with Gasteiger partial charge in [-0.1, -0.05) is 42.5 Å². The van der Waals surface area contributed by atoms with Crippen LogP contribution in [0.1, 0.15) is 16.7 Å². The summed E-state index contributed by atoms with van der Waals surface area (Å²) in [6, 6.07) is 14.1. The molecule has 0 aliphatic rings. The molecule has 0 atom stereocenters. The molecule has 31 heavy (non-hydrogen) atoms. The minimum Gasteiger partial charge on any atom is -0.405 e. The van der Waals surface area contributed by atoms with Gasteiger partial charge in [0, 0.05) is 44.6 Å². The standard InChI is InChI=1S/C21H22F3N5O.HI/c1-25-20(28-13-18-7-2-3-8-19(18)30-21(22,23)24)27-12-16-5-4-6-17(11-16)14-29-10-9-26-15-29;/h2-11,15H,12-14H2,1H3,(H2,25,27,28);1H. The van der Waals surface area contributed by atoms with Crippen molar-refractivity contribution < 1.29 is 17.9 Å². The first-order valence-electron chi connectivity index (χ1n) is 9.24. The van der Waals surface area contributed by atoms with Gasteiger partial charge in [-0.15, -0.1) is 37.1 Å². The summed E-state index contributed by atoms with van der Waals surface area (Å²) in [5.41, 5.74) is 2.56. The third-order valence-corrected chi connectivity index (χ3v) is 4.24. The molecule has 1 aromatic heterocycles. The number of nitrogens with zero attached hydrogens (tertiary/aromatic N) is 3. The molecule has 0 aliphatic heterocycles. The first-order valence-corrected chi connectivity index (χ1v) is 9.24. The molecule has 1 heterocycles. The zero-order valence-corrected chi connectivity index (χ0v) is 19.1. The molecule has 0 radical (unpaired) electrons. The van der Waals surface area contributed by atoms with Gasteiger partial charge < -0.3 is 19.9 Å². The number of rotatable bonds is 7. The van der Waals surface area contributed by atoms with E-state index in [-0.39, 0.29) is 36.3 Å². The fraction of sp³-hybridized carbons (Fsp3) is 0.238. The summed E-state index contributed by atoms with van der Waals surface area (Å²) in [5.74, 6) is 0.233. The summed E-state index contributed by atoms with van der Waals surface area (Å²) in [6.07, 6.45) is 0.658. The van der Waals surface area contributed by atoms with Crippen molar-refractivity contribution in [2.24, 2.45) is 4.99 Å². The van der Waals surface area contributed by atoms with Crippen LogP contribution in [0.15, 0.2) is 72.2 Å². The Morgan fingerprint density at radius 2 is 1.81 bits per heavy atom. The fourth-order valence-corrected chi connectivity index (χ4v) is 2.89. The number of hydrogen-bond acceptors (Lipinski definition) is 3. The van der Waals surface area contributed by atoms with Gasteiger partial charge in [0.2, 0.25) is 0 Å². The lowest BCUT2D eigenvalue weighted by atomic mass is 10.1. The van der Waals surface area contributed by atoms with Crippen molar-refractivity contribution in [3.63, 3.8) is 0 Å². The highest BCUT2D eigenvalue weighted by Gasteiger charge is 2.31. The average Bonchev–Trinajstić information content (AvgIpc) is 3.21. The first-order chi connectivity index (χ1) is 14.4. The number of guanidine groups is 1. The van der Waals surface area contributed by atoms with E-state index in [9.17, 15) is 13.2 Å². The van der Waals surface area contributed by atoms with Gasteiger partial charge in [0.25, 0.3) is 0 Å². The lowest BCUT2D eigenvalue weighted by Gasteiger charge is -2.16. The quantitative estimate of drug-likeness (QED) is 0.264. The summed E-state index contributed by atoms with van der Waals surface area (Å²) >= 11 is 0. The lowest BCUT2D eigenvalue weighted by Crippen LogP contribution is -2.36. The van der Waals surface area contributed by atoms with E-state index in [0.29, 0.717) is 18.1 Å². The van der Waals surface area contributed by atoms with Crippen molar-refractivity contribution in [2.75, 3.05) is 7.05 Å². The zero-order chi connectivity index (χ0) is 21.4. The molecule has 0 amide bonds. The maximum absolute atomic E-state index is 12.6. The van der Waals surface area contributed by atoms with E-state index in [1.165, 1.54) is 12.1 Å². The molecule has 0 fully saturated rings. The highest BCUT2D eigenvalue weighted by atomic mass is 127. The molecule has 166 valence electrons. The van der Waals surface area contributed by atoms with Crippen molar-refractivity contribution in [2.45, 2.75) is 26.0 Å². The van der Waals surface area contributed by atoms with Crippen LogP contribution in [0.5, 0.6) is 5.75 Å². The van der Waals surface area contributed by atoms with Gasteiger partial charge in [-0.25, -0.2) is 4.98 Å². The third kappa shape index (κ3) is 8.12. The Hall–Kier alpha value is -2.76. The van der Waals surface area contributed by atoms with Crippen LogP contribution in [0.25, 0.3) is 0 Å². The van der Waals surface area contributed by atoms with E-state index in [1.54, 1.807) is 31.7 Å². The van der Waals surface area contributed by atoms with Crippen LogP contribution >= 0.6 is 24.0 Å². The van der Waals surface area contributed by atoms with E-state index >= 15 is 0 Å². The van der Waals surface area contributed by atoms with Crippen LogP contribution in [-0.4, -0.2) is 28.9 Å². The van der Waals surface area contributed by atoms with E-state index in [4.69, 9.17) is 0 Å². The van der Waals surface area contributed by atoms with Gasteiger partial charge in [-0.05, 0) is 17.2 Å². The summed E-state index contributed by atoms with van der Waals surface area (Å²) in [6.45, 7) is 1.36. The maximum Gasteiger partial charge on any atom is 0.573 e. The Kier molecular flexibility index (Phi) is 9.16. The van der Waals surface area contributed by atoms with Crippen LogP contribution in [-0.2, 0) is 19.6 Å². The molecular formula is C21H23F3IN5O. The molecule has 10 heteroatoms. The van der Waals surface area contributed by atoms with Crippen molar-refractivity contribution >= 4 is 29.9 Å². The average molecular weight is 545 g/mol. The van der Waals surface area contributed by atoms with Gasteiger partial charge in [0.05, 0.1) is 6.33 Å². The Morgan fingerprint density at radius 1 is 1.06 bits per heavy atom. The van der Waals surface area contributed by atoms with Crippen molar-refractivity contribution in [1.82, 2.24) is 20.2 Å². The first kappa shape index (κ1) is 24.5. The third-order valence-electron chi connectivity index (χ3n) is 4.24. The Bertz CT molecular complexity index is 977. The van der Waals surface area contributed by atoms with E-state index in [0.717, 1.165) is 17.7 Å². The normalized spacial score (nSPS) is 11.5. The summed E-state index contributed by atoms with van der Waals surface area (Å²) < 4.78 is 43.7. The summed E-state index contributed by atoms with van der Waals surface area (Å²) in [7, 11) is 1.60. The smallest absolute Gasteiger partial charge is 0.405 e. The minimum atomic E-state index is -4.74. The number of hydrogen-bond donors (Lipinski definition) is 2. The Morgan fingerprint density at radius 3 is 2.52 bits per heavy atom. The lowest BCUT2D eigenvalue weighted by molar-refractivity contribution is -0.274. The number of aromatic nitrogens is 2. The van der Waals surface area contributed by atoms with E-state index < -0.39 is 6.36 Å². The van der Waals surface area contributed by atoms with Gasteiger partial charge >= 0.3 is 6.36 Å². The number of alkyl halides is 3. The molecule has 2 N–H and O–H groups in total. The van der Waals surface area contributed by atoms with Gasteiger partial charge in [-0.3, -0.25) is 4.99 Å². The molecule has 6 nitrogen and oxygen atoms in total. The number of nitrogens with one attached hydrogen (secondary N) is 2. The van der Waals surface area contributed by atoms with E-state index in [2.05, 4.69) is 31.4 Å². The number of ether oxygens (including phenoxy) is 1. The SMILES string of the molecule is CN=C(NCc1cccc(Cn2ccnc2)c1)NCc1ccccc1OC(F)(F)F.I. The van der Waals surface area contributed by atoms with Crippen molar-refractivity contribution in [1.29, 1.82) is 0 Å². The summed E-state index contributed by atoms with van der Waals surface area (Å²) in [5, 5.41) is 6.18. The van der Waals surface area contributed by atoms with Crippen LogP contribution in [0.4, 0.5) is 13.2 Å². The molecule has 3 rings (SSSR count). The molecule has 0 saturated heterocycles. The second kappa shape index (κ2) is 11.6. The van der Waals surface area contributed by atoms with Crippen LogP contribution in [0, 0.1) is 0 Å². The molecule has 2 aromatic carbocycles. The molecule has 0 bridgehead atoms. The van der Waals surface area contributed by atoms with Gasteiger partial charge in [-0.2, -0.15) is 0 Å². The fourth-order valence-electron chi connectivity index (χ4n) is 2.89. The summed E-state index contributed by atoms with van der Waals surface area (Å²) in [4.78, 5) is 8.16. The van der Waals surface area contributed by atoms with Crippen LogP contribution in [0.3, 0.4) is 0 Å². The second-order valence-electron chi connectivity index (χ2n) is 6.49. The van der Waals surface area contributed by atoms with Crippen molar-refractivity contribution in [3.05, 3.63) is 83.9 Å². The zero-order valence-electron chi connectivity index (χ0n) is 16.8. The Balaban J connectivity index is 0.00000341. The molecule has 0 saturated carbocycles. The van der Waals surface area contributed by atoms with E-state index in [1.807, 2.05) is 29.0 Å². The largest absolute Gasteiger partial charge is 0.573 e. The molecule has 0 aliphatic carbocycles. The van der Waals surface area contributed by atoms with Crippen LogP contribution < -0.4 is 15.4 Å². The predicted molar refractivity (Wildman–Crippen MR) is 123 cm³/mol. The number of para-hydroxylation sites is 1. The number of halogens is 4. The maximum atomic E-state index is 12.6.